The van der Waals surface area contributed by atoms with Gasteiger partial charge in [0, 0.05) is 17.7 Å². The number of fused-ring (bicyclic) bond motifs is 2. The second-order valence-corrected chi connectivity index (χ2v) is 5.74. The highest BCUT2D eigenvalue weighted by Crippen LogP contribution is 2.37. The van der Waals surface area contributed by atoms with Crippen molar-refractivity contribution in [1.29, 1.82) is 0 Å². The summed E-state index contributed by atoms with van der Waals surface area (Å²) in [4.78, 5) is 24.0. The van der Waals surface area contributed by atoms with E-state index in [0.29, 0.717) is 12.8 Å². The van der Waals surface area contributed by atoms with E-state index in [4.69, 9.17) is 0 Å². The van der Waals surface area contributed by atoms with E-state index in [1.54, 1.807) is 0 Å². The molecule has 104 valence electrons. The summed E-state index contributed by atoms with van der Waals surface area (Å²) in [5, 5.41) is 2.85. The number of amides is 1. The summed E-state index contributed by atoms with van der Waals surface area (Å²) in [5.41, 5.74) is 5.10. The van der Waals surface area contributed by atoms with Gasteiger partial charge in [-0.05, 0) is 47.7 Å². The van der Waals surface area contributed by atoms with Gasteiger partial charge in [0.1, 0.15) is 0 Å². The van der Waals surface area contributed by atoms with Crippen molar-refractivity contribution in [1.82, 2.24) is 0 Å². The maximum absolute atomic E-state index is 12.7. The molecule has 4 rings (SSSR count). The summed E-state index contributed by atoms with van der Waals surface area (Å²) >= 11 is 0. The summed E-state index contributed by atoms with van der Waals surface area (Å²) in [6.07, 6.45) is 2.04. The van der Waals surface area contributed by atoms with Gasteiger partial charge >= 0.3 is 0 Å². The molecule has 1 aliphatic carbocycles. The van der Waals surface area contributed by atoms with Gasteiger partial charge in [-0.1, -0.05) is 24.3 Å². The summed E-state index contributed by atoms with van der Waals surface area (Å²) in [6, 6.07) is 13.7. The molecule has 1 aliphatic heterocycles. The summed E-state index contributed by atoms with van der Waals surface area (Å²) < 4.78 is 0. The minimum Gasteiger partial charge on any atom is -0.326 e. The number of anilines is 1. The van der Waals surface area contributed by atoms with Crippen LogP contribution in [0.25, 0.3) is 0 Å². The summed E-state index contributed by atoms with van der Waals surface area (Å²) in [5.74, 6) is 0.236. The van der Waals surface area contributed by atoms with Crippen molar-refractivity contribution in [2.24, 2.45) is 0 Å². The zero-order valence-corrected chi connectivity index (χ0v) is 11.6. The second-order valence-electron chi connectivity index (χ2n) is 5.74. The molecule has 1 N–H and O–H groups in total. The van der Waals surface area contributed by atoms with Crippen LogP contribution in [0.4, 0.5) is 5.69 Å². The van der Waals surface area contributed by atoms with Gasteiger partial charge in [-0.15, -0.1) is 0 Å². The lowest BCUT2D eigenvalue weighted by Gasteiger charge is -2.29. The van der Waals surface area contributed by atoms with Crippen LogP contribution < -0.4 is 5.32 Å². The first-order valence-electron chi connectivity index (χ1n) is 7.27. The SMILES string of the molecule is O=C1CCc2cc(C(=O)C3Cc4ccccc43)ccc2N1. The first-order valence-corrected chi connectivity index (χ1v) is 7.27. The molecule has 0 saturated heterocycles. The van der Waals surface area contributed by atoms with Gasteiger partial charge in [0.05, 0.1) is 5.92 Å². The topological polar surface area (TPSA) is 46.2 Å². The van der Waals surface area contributed by atoms with E-state index < -0.39 is 0 Å². The number of carbonyl (C=O) groups is 2. The highest BCUT2D eigenvalue weighted by molar-refractivity contribution is 6.04. The third-order valence-electron chi connectivity index (χ3n) is 4.46. The molecule has 0 saturated carbocycles. The first-order chi connectivity index (χ1) is 10.2. The van der Waals surface area contributed by atoms with Crippen LogP contribution in [0.2, 0.25) is 0 Å². The number of hydrogen-bond donors (Lipinski definition) is 1. The molecule has 0 bridgehead atoms. The summed E-state index contributed by atoms with van der Waals surface area (Å²) in [7, 11) is 0. The lowest BCUT2D eigenvalue weighted by molar-refractivity contribution is -0.116. The van der Waals surface area contributed by atoms with Crippen molar-refractivity contribution in [2.45, 2.75) is 25.2 Å². The first kappa shape index (κ1) is 12.3. The normalized spacial score (nSPS) is 19.0. The van der Waals surface area contributed by atoms with Crippen LogP contribution in [-0.2, 0) is 17.6 Å². The number of rotatable bonds is 2. The van der Waals surface area contributed by atoms with Crippen LogP contribution in [0, 0.1) is 0 Å². The van der Waals surface area contributed by atoms with Gasteiger partial charge in [-0.25, -0.2) is 0 Å². The maximum atomic E-state index is 12.7. The molecule has 3 heteroatoms. The Labute approximate surface area is 123 Å². The van der Waals surface area contributed by atoms with Crippen LogP contribution in [-0.4, -0.2) is 11.7 Å². The number of ketones is 1. The predicted molar refractivity (Wildman–Crippen MR) is 80.6 cm³/mol. The van der Waals surface area contributed by atoms with Gasteiger partial charge < -0.3 is 5.32 Å². The van der Waals surface area contributed by atoms with Crippen LogP contribution >= 0.6 is 0 Å². The minimum atomic E-state index is -0.00238. The molecule has 0 radical (unpaired) electrons. The van der Waals surface area contributed by atoms with Crippen molar-refractivity contribution in [2.75, 3.05) is 5.32 Å². The summed E-state index contributed by atoms with van der Waals surface area (Å²) in [6.45, 7) is 0. The van der Waals surface area contributed by atoms with Gasteiger partial charge in [0.15, 0.2) is 5.78 Å². The van der Waals surface area contributed by atoms with E-state index in [2.05, 4.69) is 11.4 Å². The number of benzene rings is 2. The number of Topliss-reactive ketones (excluding diaryl/α,β-unsaturated/α-hetero) is 1. The molecule has 21 heavy (non-hydrogen) atoms. The molecule has 1 unspecified atom stereocenters. The van der Waals surface area contributed by atoms with Crippen molar-refractivity contribution < 1.29 is 9.59 Å². The van der Waals surface area contributed by atoms with Crippen molar-refractivity contribution in [3.63, 3.8) is 0 Å². The quantitative estimate of drug-likeness (QED) is 0.857. The number of hydrogen-bond acceptors (Lipinski definition) is 2. The third-order valence-corrected chi connectivity index (χ3v) is 4.46. The Morgan fingerprint density at radius 2 is 1.90 bits per heavy atom. The van der Waals surface area contributed by atoms with Crippen LogP contribution in [0.3, 0.4) is 0 Å². The maximum Gasteiger partial charge on any atom is 0.224 e. The molecule has 1 amide bonds. The lowest BCUT2D eigenvalue weighted by Crippen LogP contribution is -2.26. The van der Waals surface area contributed by atoms with Crippen molar-refractivity contribution in [3.8, 4) is 0 Å². The lowest BCUT2D eigenvalue weighted by atomic mass is 9.73. The fraction of sp³-hybridized carbons (Fsp3) is 0.222. The molecule has 0 aromatic heterocycles. The predicted octanol–water partition coefficient (Wildman–Crippen LogP) is 3.09. The zero-order chi connectivity index (χ0) is 14.4. The Hall–Kier alpha value is -2.42. The zero-order valence-electron chi connectivity index (χ0n) is 11.6. The second kappa shape index (κ2) is 4.55. The molecule has 0 spiro atoms. The Morgan fingerprint density at radius 1 is 1.05 bits per heavy atom. The van der Waals surface area contributed by atoms with E-state index >= 15 is 0 Å². The fourth-order valence-electron chi connectivity index (χ4n) is 3.23. The largest absolute Gasteiger partial charge is 0.326 e. The number of nitrogens with one attached hydrogen (secondary N) is 1. The molecule has 3 nitrogen and oxygen atoms in total. The molecule has 2 aromatic rings. The van der Waals surface area contributed by atoms with Gasteiger partial charge in [0.25, 0.3) is 0 Å². The van der Waals surface area contributed by atoms with E-state index in [1.807, 2.05) is 36.4 Å². The Bertz CT molecular complexity index is 764. The number of carbonyl (C=O) groups excluding carboxylic acids is 2. The van der Waals surface area contributed by atoms with Crippen LogP contribution in [0.5, 0.6) is 0 Å². The molecule has 2 aromatic carbocycles. The molecule has 2 aliphatic rings. The van der Waals surface area contributed by atoms with E-state index in [0.717, 1.165) is 28.8 Å². The van der Waals surface area contributed by atoms with E-state index in [9.17, 15) is 9.59 Å². The average Bonchev–Trinajstić information content (AvgIpc) is 2.48. The standard InChI is InChI=1S/C18H15NO2/c20-17-8-6-12-9-13(5-7-16(12)19-17)18(21)15-10-11-3-1-2-4-14(11)15/h1-5,7,9,15H,6,8,10H2,(H,19,20). The fourth-order valence-corrected chi connectivity index (χ4v) is 3.23. The third kappa shape index (κ3) is 1.97. The van der Waals surface area contributed by atoms with Gasteiger partial charge in [-0.3, -0.25) is 9.59 Å². The Balaban J connectivity index is 1.63. The van der Waals surface area contributed by atoms with Gasteiger partial charge in [-0.2, -0.15) is 0 Å². The van der Waals surface area contributed by atoms with Crippen LogP contribution in [0.15, 0.2) is 42.5 Å². The van der Waals surface area contributed by atoms with Crippen molar-refractivity contribution in [3.05, 3.63) is 64.7 Å². The highest BCUT2D eigenvalue weighted by atomic mass is 16.1. The monoisotopic (exact) mass is 277 g/mol. The smallest absolute Gasteiger partial charge is 0.224 e. The molecule has 1 atom stereocenters. The van der Waals surface area contributed by atoms with E-state index in [1.165, 1.54) is 5.56 Å². The molecule has 0 fully saturated rings. The molecule has 1 heterocycles. The minimum absolute atomic E-state index is 0.00238. The Kier molecular flexibility index (Phi) is 2.67. The average molecular weight is 277 g/mol. The Morgan fingerprint density at radius 3 is 2.76 bits per heavy atom. The van der Waals surface area contributed by atoms with Crippen molar-refractivity contribution >= 4 is 17.4 Å². The van der Waals surface area contributed by atoms with Gasteiger partial charge in [0.2, 0.25) is 5.91 Å². The molecular weight excluding hydrogens is 262 g/mol. The highest BCUT2D eigenvalue weighted by Gasteiger charge is 2.32. The van der Waals surface area contributed by atoms with Crippen LogP contribution in [0.1, 0.15) is 39.4 Å². The number of aryl methyl sites for hydroxylation is 1. The van der Waals surface area contributed by atoms with E-state index in [-0.39, 0.29) is 17.6 Å². The molecular formula is C18H15NO2.